The SMILES string of the molecule is CN1CCN(C(=O)Cc2cccc(O)c2)C[C@H]1c1ccccc1. The average molecular weight is 310 g/mol. The largest absolute Gasteiger partial charge is 0.508 e. The van der Waals surface area contributed by atoms with Gasteiger partial charge in [-0.2, -0.15) is 0 Å². The van der Waals surface area contributed by atoms with E-state index in [4.69, 9.17) is 0 Å². The van der Waals surface area contributed by atoms with E-state index in [2.05, 4.69) is 24.1 Å². The van der Waals surface area contributed by atoms with Crippen molar-refractivity contribution < 1.29 is 9.90 Å². The van der Waals surface area contributed by atoms with Crippen LogP contribution in [0.4, 0.5) is 0 Å². The first kappa shape index (κ1) is 15.6. The molecule has 0 aromatic heterocycles. The Morgan fingerprint density at radius 1 is 1.13 bits per heavy atom. The molecule has 1 heterocycles. The molecular formula is C19H22N2O2. The van der Waals surface area contributed by atoms with Crippen LogP contribution in [0.5, 0.6) is 5.75 Å². The van der Waals surface area contributed by atoms with Crippen molar-refractivity contribution in [2.45, 2.75) is 12.5 Å². The molecule has 0 saturated carbocycles. The summed E-state index contributed by atoms with van der Waals surface area (Å²) in [5.41, 5.74) is 2.09. The predicted octanol–water partition coefficient (Wildman–Crippen LogP) is 2.45. The molecule has 1 amide bonds. The number of nitrogens with zero attached hydrogens (tertiary/aromatic N) is 2. The number of carbonyl (C=O) groups is 1. The molecule has 1 aliphatic rings. The second-order valence-electron chi connectivity index (χ2n) is 6.09. The molecule has 0 unspecified atom stereocenters. The van der Waals surface area contributed by atoms with Crippen molar-refractivity contribution in [1.29, 1.82) is 0 Å². The number of rotatable bonds is 3. The summed E-state index contributed by atoms with van der Waals surface area (Å²) >= 11 is 0. The van der Waals surface area contributed by atoms with Crippen molar-refractivity contribution in [2.75, 3.05) is 26.7 Å². The molecule has 1 saturated heterocycles. The first-order chi connectivity index (χ1) is 11.1. The number of piperazine rings is 1. The minimum atomic E-state index is 0.115. The molecule has 4 heteroatoms. The van der Waals surface area contributed by atoms with Gasteiger partial charge in [0.1, 0.15) is 5.75 Å². The number of carbonyl (C=O) groups excluding carboxylic acids is 1. The molecule has 4 nitrogen and oxygen atoms in total. The van der Waals surface area contributed by atoms with Gasteiger partial charge in [0, 0.05) is 19.6 Å². The van der Waals surface area contributed by atoms with Gasteiger partial charge in [-0.15, -0.1) is 0 Å². The quantitative estimate of drug-likeness (QED) is 0.947. The van der Waals surface area contributed by atoms with E-state index in [-0.39, 0.29) is 17.7 Å². The Morgan fingerprint density at radius 2 is 1.91 bits per heavy atom. The van der Waals surface area contributed by atoms with E-state index >= 15 is 0 Å². The number of hydrogen-bond donors (Lipinski definition) is 1. The van der Waals surface area contributed by atoms with Gasteiger partial charge in [-0.1, -0.05) is 42.5 Å². The number of aromatic hydroxyl groups is 1. The summed E-state index contributed by atoms with van der Waals surface area (Å²) in [6.07, 6.45) is 0.333. The van der Waals surface area contributed by atoms with Gasteiger partial charge in [-0.25, -0.2) is 0 Å². The van der Waals surface area contributed by atoms with E-state index in [1.807, 2.05) is 29.2 Å². The van der Waals surface area contributed by atoms with Crippen molar-refractivity contribution >= 4 is 5.91 Å². The molecule has 0 bridgehead atoms. The monoisotopic (exact) mass is 310 g/mol. The number of phenols is 1. The minimum absolute atomic E-state index is 0.115. The topological polar surface area (TPSA) is 43.8 Å². The van der Waals surface area contributed by atoms with E-state index in [1.165, 1.54) is 5.56 Å². The van der Waals surface area contributed by atoms with Gasteiger partial charge in [0.15, 0.2) is 0 Å². The Kier molecular flexibility index (Phi) is 4.63. The second kappa shape index (κ2) is 6.84. The number of benzene rings is 2. The Bertz CT molecular complexity index is 672. The Labute approximate surface area is 137 Å². The molecule has 1 atom stereocenters. The third kappa shape index (κ3) is 3.71. The Balaban J connectivity index is 1.69. The molecule has 2 aromatic rings. The van der Waals surface area contributed by atoms with Crippen LogP contribution in [-0.2, 0) is 11.2 Å². The van der Waals surface area contributed by atoms with Crippen LogP contribution in [0.25, 0.3) is 0 Å². The lowest BCUT2D eigenvalue weighted by atomic mass is 10.0. The molecule has 1 N–H and O–H groups in total. The van der Waals surface area contributed by atoms with E-state index < -0.39 is 0 Å². The molecule has 23 heavy (non-hydrogen) atoms. The van der Waals surface area contributed by atoms with Crippen molar-refractivity contribution in [3.8, 4) is 5.75 Å². The Hall–Kier alpha value is -2.33. The summed E-state index contributed by atoms with van der Waals surface area (Å²) in [6.45, 7) is 2.32. The summed E-state index contributed by atoms with van der Waals surface area (Å²) < 4.78 is 0. The third-order valence-corrected chi connectivity index (χ3v) is 4.45. The highest BCUT2D eigenvalue weighted by atomic mass is 16.3. The van der Waals surface area contributed by atoms with Crippen LogP contribution in [0, 0.1) is 0 Å². The molecule has 0 radical (unpaired) electrons. The molecular weight excluding hydrogens is 288 g/mol. The van der Waals surface area contributed by atoms with Gasteiger partial charge in [0.25, 0.3) is 0 Å². The van der Waals surface area contributed by atoms with Gasteiger partial charge >= 0.3 is 0 Å². The Morgan fingerprint density at radius 3 is 2.65 bits per heavy atom. The second-order valence-corrected chi connectivity index (χ2v) is 6.09. The smallest absolute Gasteiger partial charge is 0.227 e. The van der Waals surface area contributed by atoms with Crippen LogP contribution in [0.3, 0.4) is 0 Å². The van der Waals surface area contributed by atoms with E-state index in [9.17, 15) is 9.90 Å². The number of hydrogen-bond acceptors (Lipinski definition) is 3. The van der Waals surface area contributed by atoms with E-state index in [0.717, 1.165) is 18.7 Å². The van der Waals surface area contributed by atoms with Crippen molar-refractivity contribution in [3.63, 3.8) is 0 Å². The lowest BCUT2D eigenvalue weighted by Crippen LogP contribution is -2.49. The van der Waals surface area contributed by atoms with Gasteiger partial charge in [-0.05, 0) is 30.3 Å². The highest BCUT2D eigenvalue weighted by Gasteiger charge is 2.28. The molecule has 3 rings (SSSR count). The summed E-state index contributed by atoms with van der Waals surface area (Å²) in [5, 5.41) is 9.53. The standard InChI is InChI=1S/C19H22N2O2/c1-20-10-11-21(14-18(20)16-7-3-2-4-8-16)19(23)13-15-6-5-9-17(22)12-15/h2-9,12,18,22H,10-11,13-14H2,1H3/t18-/m0/s1. The third-order valence-electron chi connectivity index (χ3n) is 4.45. The van der Waals surface area contributed by atoms with E-state index in [0.29, 0.717) is 13.0 Å². The number of likely N-dealkylation sites (N-methyl/N-ethyl adjacent to an activating group) is 1. The first-order valence-corrected chi connectivity index (χ1v) is 7.94. The fourth-order valence-corrected chi connectivity index (χ4v) is 3.09. The van der Waals surface area contributed by atoms with Crippen LogP contribution in [-0.4, -0.2) is 47.5 Å². The maximum atomic E-state index is 12.6. The van der Waals surface area contributed by atoms with Crippen molar-refractivity contribution in [3.05, 3.63) is 65.7 Å². The zero-order valence-corrected chi connectivity index (χ0v) is 13.4. The average Bonchev–Trinajstić information content (AvgIpc) is 2.56. The zero-order chi connectivity index (χ0) is 16.2. The molecule has 2 aromatic carbocycles. The van der Waals surface area contributed by atoms with Crippen LogP contribution in [0.15, 0.2) is 54.6 Å². The lowest BCUT2D eigenvalue weighted by Gasteiger charge is -2.39. The molecule has 0 aliphatic carbocycles. The molecule has 0 spiro atoms. The van der Waals surface area contributed by atoms with Crippen LogP contribution < -0.4 is 0 Å². The molecule has 1 aliphatic heterocycles. The number of phenolic OH excluding ortho intramolecular Hbond substituents is 1. The normalized spacial score (nSPS) is 18.8. The van der Waals surface area contributed by atoms with Crippen molar-refractivity contribution in [1.82, 2.24) is 9.80 Å². The predicted molar refractivity (Wildman–Crippen MR) is 90.2 cm³/mol. The van der Waals surface area contributed by atoms with Crippen LogP contribution in [0.2, 0.25) is 0 Å². The summed E-state index contributed by atoms with van der Waals surface area (Å²) in [6, 6.07) is 17.5. The van der Waals surface area contributed by atoms with E-state index in [1.54, 1.807) is 18.2 Å². The lowest BCUT2D eigenvalue weighted by molar-refractivity contribution is -0.133. The van der Waals surface area contributed by atoms with Crippen LogP contribution >= 0.6 is 0 Å². The van der Waals surface area contributed by atoms with Gasteiger partial charge in [-0.3, -0.25) is 9.69 Å². The van der Waals surface area contributed by atoms with Gasteiger partial charge in [0.2, 0.25) is 5.91 Å². The number of amides is 1. The van der Waals surface area contributed by atoms with Crippen LogP contribution in [0.1, 0.15) is 17.2 Å². The fourth-order valence-electron chi connectivity index (χ4n) is 3.09. The van der Waals surface area contributed by atoms with Crippen molar-refractivity contribution in [2.24, 2.45) is 0 Å². The maximum absolute atomic E-state index is 12.6. The minimum Gasteiger partial charge on any atom is -0.508 e. The van der Waals surface area contributed by atoms with Gasteiger partial charge < -0.3 is 10.0 Å². The maximum Gasteiger partial charge on any atom is 0.227 e. The zero-order valence-electron chi connectivity index (χ0n) is 13.4. The summed E-state index contributed by atoms with van der Waals surface area (Å²) in [7, 11) is 2.11. The molecule has 120 valence electrons. The summed E-state index contributed by atoms with van der Waals surface area (Å²) in [5.74, 6) is 0.320. The summed E-state index contributed by atoms with van der Waals surface area (Å²) in [4.78, 5) is 16.8. The first-order valence-electron chi connectivity index (χ1n) is 7.94. The highest BCUT2D eigenvalue weighted by Crippen LogP contribution is 2.24. The highest BCUT2D eigenvalue weighted by molar-refractivity contribution is 5.79. The van der Waals surface area contributed by atoms with Gasteiger partial charge in [0.05, 0.1) is 12.5 Å². The fraction of sp³-hybridized carbons (Fsp3) is 0.316. The molecule has 1 fully saturated rings.